The van der Waals surface area contributed by atoms with E-state index in [1.807, 2.05) is 31.2 Å². The number of hydrogen-bond acceptors (Lipinski definition) is 2. The molecule has 5 heteroatoms. The van der Waals surface area contributed by atoms with Gasteiger partial charge in [0.05, 0.1) is 23.1 Å². The molecule has 0 fully saturated rings. The van der Waals surface area contributed by atoms with Crippen LogP contribution in [0.2, 0.25) is 5.02 Å². The summed E-state index contributed by atoms with van der Waals surface area (Å²) < 4.78 is 1.71. The molecule has 0 spiro atoms. The van der Waals surface area contributed by atoms with Crippen molar-refractivity contribution >= 4 is 22.5 Å². The largest absolute Gasteiger partial charge is 0.338 e. The Morgan fingerprint density at radius 3 is 2.58 bits per heavy atom. The molecule has 24 heavy (non-hydrogen) atoms. The molecule has 0 bridgehead atoms. The molecule has 0 aliphatic carbocycles. The topological polar surface area (TPSA) is 51.5 Å². The predicted molar refractivity (Wildman–Crippen MR) is 98.0 cm³/mol. The minimum atomic E-state index is -0.0631. The molecule has 3 aromatic rings. The first-order valence-corrected chi connectivity index (χ1v) is 8.51. The molecule has 0 amide bonds. The summed E-state index contributed by atoms with van der Waals surface area (Å²) in [6, 6.07) is 13.2. The first-order chi connectivity index (χ1) is 11.5. The Balaban J connectivity index is 2.33. The Kier molecular flexibility index (Phi) is 4.69. The molecule has 124 valence electrons. The molecule has 0 saturated carbocycles. The molecule has 0 saturated heterocycles. The smallest absolute Gasteiger partial charge is 0.266 e. The van der Waals surface area contributed by atoms with E-state index < -0.39 is 0 Å². The highest BCUT2D eigenvalue weighted by Crippen LogP contribution is 2.19. The molecule has 2 N–H and O–H groups in total. The van der Waals surface area contributed by atoms with Crippen molar-refractivity contribution in [2.45, 2.75) is 26.8 Å². The van der Waals surface area contributed by atoms with Crippen molar-refractivity contribution in [1.29, 1.82) is 0 Å². The molecule has 3 rings (SSSR count). The fraction of sp³-hybridized carbons (Fsp3) is 0.263. The third kappa shape index (κ3) is 3.07. The third-order valence-corrected chi connectivity index (χ3v) is 4.38. The van der Waals surface area contributed by atoms with Crippen molar-refractivity contribution in [2.24, 2.45) is 0 Å². The van der Waals surface area contributed by atoms with Gasteiger partial charge in [0.15, 0.2) is 5.82 Å². The highest BCUT2D eigenvalue weighted by atomic mass is 35.5. The molecule has 0 radical (unpaired) electrons. The summed E-state index contributed by atoms with van der Waals surface area (Å²) in [4.78, 5) is 17.9. The van der Waals surface area contributed by atoms with Crippen LogP contribution in [0.15, 0.2) is 47.3 Å². The standard InChI is InChI=1S/C19H20ClN3O/c1-4-21-13(3)18-22-17-11-14(20)7-10-16(17)19(24)23(18)15-8-5-12(2)6-9-15/h5-11,13,21H,4H2,1-3H3/p+1/t13-/m1/s1. The maximum atomic E-state index is 13.1. The second-order valence-electron chi connectivity index (χ2n) is 6.04. The van der Waals surface area contributed by atoms with Gasteiger partial charge in [-0.2, -0.15) is 0 Å². The summed E-state index contributed by atoms with van der Waals surface area (Å²) in [5.74, 6) is 0.737. The van der Waals surface area contributed by atoms with E-state index in [4.69, 9.17) is 16.6 Å². The van der Waals surface area contributed by atoms with Crippen LogP contribution in [-0.2, 0) is 0 Å². The second-order valence-corrected chi connectivity index (χ2v) is 6.48. The first kappa shape index (κ1) is 16.7. The van der Waals surface area contributed by atoms with Gasteiger partial charge >= 0.3 is 0 Å². The minimum absolute atomic E-state index is 0.0624. The normalized spacial score (nSPS) is 12.5. The van der Waals surface area contributed by atoms with E-state index in [1.54, 1.807) is 22.8 Å². The van der Waals surface area contributed by atoms with E-state index in [-0.39, 0.29) is 11.6 Å². The van der Waals surface area contributed by atoms with Gasteiger partial charge < -0.3 is 5.32 Å². The Morgan fingerprint density at radius 2 is 1.92 bits per heavy atom. The van der Waals surface area contributed by atoms with Gasteiger partial charge in [-0.25, -0.2) is 4.98 Å². The molecule has 0 unspecified atom stereocenters. The maximum absolute atomic E-state index is 13.1. The van der Waals surface area contributed by atoms with Crippen LogP contribution < -0.4 is 10.9 Å². The lowest BCUT2D eigenvalue weighted by atomic mass is 10.2. The van der Waals surface area contributed by atoms with Crippen molar-refractivity contribution in [3.63, 3.8) is 0 Å². The van der Waals surface area contributed by atoms with Crippen molar-refractivity contribution in [1.82, 2.24) is 9.55 Å². The highest BCUT2D eigenvalue weighted by Gasteiger charge is 2.19. The van der Waals surface area contributed by atoms with E-state index in [9.17, 15) is 4.79 Å². The highest BCUT2D eigenvalue weighted by molar-refractivity contribution is 6.31. The number of nitrogens with zero attached hydrogens (tertiary/aromatic N) is 2. The molecule has 0 aliphatic rings. The van der Waals surface area contributed by atoms with E-state index in [2.05, 4.69) is 19.2 Å². The summed E-state index contributed by atoms with van der Waals surface area (Å²) in [5, 5.41) is 3.32. The number of aromatic nitrogens is 2. The summed E-state index contributed by atoms with van der Waals surface area (Å²) in [6.45, 7) is 7.09. The number of aryl methyl sites for hydroxylation is 1. The average Bonchev–Trinajstić information content (AvgIpc) is 2.55. The van der Waals surface area contributed by atoms with Gasteiger partial charge in [0.2, 0.25) is 0 Å². The van der Waals surface area contributed by atoms with Gasteiger partial charge in [0.25, 0.3) is 5.56 Å². The number of rotatable bonds is 4. The van der Waals surface area contributed by atoms with Gasteiger partial charge in [-0.05, 0) is 51.1 Å². The van der Waals surface area contributed by atoms with E-state index in [0.29, 0.717) is 15.9 Å². The fourth-order valence-electron chi connectivity index (χ4n) is 2.88. The van der Waals surface area contributed by atoms with Crippen LogP contribution in [0.4, 0.5) is 0 Å². The Labute approximate surface area is 146 Å². The number of hydrogen-bond donors (Lipinski definition) is 1. The Bertz CT molecular complexity index is 932. The molecule has 0 aliphatic heterocycles. The summed E-state index contributed by atoms with van der Waals surface area (Å²) >= 11 is 6.08. The SMILES string of the molecule is CC[NH2+][C@H](C)c1nc2cc(Cl)ccc2c(=O)n1-c1ccc(C)cc1. The molecule has 4 nitrogen and oxygen atoms in total. The van der Waals surface area contributed by atoms with Crippen molar-refractivity contribution < 1.29 is 5.32 Å². The molecule has 2 aromatic carbocycles. The summed E-state index contributed by atoms with van der Waals surface area (Å²) in [5.41, 5.74) is 2.57. The van der Waals surface area contributed by atoms with E-state index in [0.717, 1.165) is 23.6 Å². The lowest BCUT2D eigenvalue weighted by molar-refractivity contribution is -0.691. The second kappa shape index (κ2) is 6.75. The lowest BCUT2D eigenvalue weighted by Gasteiger charge is -2.17. The molecular weight excluding hydrogens is 322 g/mol. The van der Waals surface area contributed by atoms with Crippen LogP contribution in [-0.4, -0.2) is 16.1 Å². The number of benzene rings is 2. The molecule has 1 aromatic heterocycles. The lowest BCUT2D eigenvalue weighted by Crippen LogP contribution is -2.84. The van der Waals surface area contributed by atoms with E-state index in [1.165, 1.54) is 0 Å². The van der Waals surface area contributed by atoms with Gasteiger partial charge in [-0.3, -0.25) is 9.36 Å². The van der Waals surface area contributed by atoms with Gasteiger partial charge in [-0.1, -0.05) is 29.3 Å². The van der Waals surface area contributed by atoms with Crippen LogP contribution in [0.1, 0.15) is 31.3 Å². The third-order valence-electron chi connectivity index (χ3n) is 4.15. The van der Waals surface area contributed by atoms with Gasteiger partial charge in [0, 0.05) is 5.02 Å². The average molecular weight is 343 g/mol. The molecular formula is C19H21ClN3O+. The Hall–Kier alpha value is -2.17. The summed E-state index contributed by atoms with van der Waals surface area (Å²) in [7, 11) is 0. The van der Waals surface area contributed by atoms with Crippen LogP contribution >= 0.6 is 11.6 Å². The number of fused-ring (bicyclic) bond motifs is 1. The van der Waals surface area contributed by atoms with Crippen LogP contribution in [0.25, 0.3) is 16.6 Å². The van der Waals surface area contributed by atoms with Crippen molar-refractivity contribution in [3.05, 3.63) is 69.2 Å². The molecule has 1 heterocycles. The zero-order chi connectivity index (χ0) is 17.3. The maximum Gasteiger partial charge on any atom is 0.266 e. The predicted octanol–water partition coefficient (Wildman–Crippen LogP) is 2.99. The van der Waals surface area contributed by atoms with Gasteiger partial charge in [-0.15, -0.1) is 0 Å². The van der Waals surface area contributed by atoms with Crippen LogP contribution in [0, 0.1) is 6.92 Å². The Morgan fingerprint density at radius 1 is 1.21 bits per heavy atom. The quantitative estimate of drug-likeness (QED) is 0.792. The van der Waals surface area contributed by atoms with Crippen molar-refractivity contribution in [2.75, 3.05) is 6.54 Å². The zero-order valence-corrected chi connectivity index (χ0v) is 14.8. The number of halogens is 1. The molecule has 1 atom stereocenters. The van der Waals surface area contributed by atoms with Crippen LogP contribution in [0.5, 0.6) is 0 Å². The minimum Gasteiger partial charge on any atom is -0.338 e. The van der Waals surface area contributed by atoms with Crippen LogP contribution in [0.3, 0.4) is 0 Å². The monoisotopic (exact) mass is 342 g/mol. The van der Waals surface area contributed by atoms with Crippen molar-refractivity contribution in [3.8, 4) is 5.69 Å². The van der Waals surface area contributed by atoms with E-state index >= 15 is 0 Å². The number of nitrogens with two attached hydrogens (primary N) is 1. The first-order valence-electron chi connectivity index (χ1n) is 8.14. The fourth-order valence-corrected chi connectivity index (χ4v) is 3.05. The number of quaternary nitrogens is 1. The van der Waals surface area contributed by atoms with Gasteiger partial charge in [0.1, 0.15) is 6.04 Å². The summed E-state index contributed by atoms with van der Waals surface area (Å²) in [6.07, 6.45) is 0. The zero-order valence-electron chi connectivity index (χ0n) is 14.1.